The van der Waals surface area contributed by atoms with Crippen LogP contribution in [0.5, 0.6) is 0 Å². The Balaban J connectivity index is 1.66. The molecule has 34 heavy (non-hydrogen) atoms. The smallest absolute Gasteiger partial charge is 0.267 e. The fourth-order valence-corrected chi connectivity index (χ4v) is 5.12. The van der Waals surface area contributed by atoms with Crippen molar-refractivity contribution in [3.05, 3.63) is 80.1 Å². The Labute approximate surface area is 213 Å². The normalized spacial score (nSPS) is 15.0. The lowest BCUT2D eigenvalue weighted by molar-refractivity contribution is -0.122. The van der Waals surface area contributed by atoms with Gasteiger partial charge in [0.15, 0.2) is 0 Å². The van der Waals surface area contributed by atoms with Gasteiger partial charge in [-0.05, 0) is 36.3 Å². The Morgan fingerprint density at radius 2 is 1.91 bits per heavy atom. The van der Waals surface area contributed by atoms with Crippen LogP contribution in [0.4, 0.5) is 5.82 Å². The molecule has 4 rings (SSSR count). The minimum atomic E-state index is -0.249. The van der Waals surface area contributed by atoms with E-state index in [0.717, 1.165) is 31.2 Å². The second-order valence-electron chi connectivity index (χ2n) is 7.95. The zero-order chi connectivity index (χ0) is 24.1. The number of aromatic nitrogens is 2. The van der Waals surface area contributed by atoms with E-state index in [9.17, 15) is 9.59 Å². The number of carbonyl (C=O) groups is 1. The average molecular weight is 513 g/mol. The molecule has 9 heteroatoms. The first kappa shape index (κ1) is 24.4. The Morgan fingerprint density at radius 3 is 2.71 bits per heavy atom. The highest BCUT2D eigenvalue weighted by Crippen LogP contribution is 2.34. The summed E-state index contributed by atoms with van der Waals surface area (Å²) in [6.45, 7) is 3.14. The number of nitrogens with one attached hydrogen (secondary N) is 1. The van der Waals surface area contributed by atoms with E-state index in [-0.39, 0.29) is 18.0 Å². The summed E-state index contributed by atoms with van der Waals surface area (Å²) in [6, 6.07) is 12.8. The summed E-state index contributed by atoms with van der Waals surface area (Å²) in [7, 11) is 0. The molecule has 0 saturated carbocycles. The fraction of sp³-hybridized carbons (Fsp3) is 0.280. The van der Waals surface area contributed by atoms with Crippen LogP contribution in [-0.2, 0) is 11.3 Å². The third-order valence-electron chi connectivity index (χ3n) is 5.53. The number of pyridine rings is 1. The summed E-state index contributed by atoms with van der Waals surface area (Å²) in [6.07, 6.45) is 7.67. The topological polar surface area (TPSA) is 66.7 Å². The average Bonchev–Trinajstić information content (AvgIpc) is 3.10. The molecule has 2 aromatic heterocycles. The van der Waals surface area contributed by atoms with Crippen LogP contribution in [-0.4, -0.2) is 31.1 Å². The number of benzene rings is 1. The minimum absolute atomic E-state index is 0.238. The van der Waals surface area contributed by atoms with Gasteiger partial charge in [-0.3, -0.25) is 18.9 Å². The standard InChI is InChI=1S/C25H25ClN4O2S2/c1-2-3-4-8-13-27-22-18(23(31)29-14-9-7-12-21(29)28-22)15-20-24(32)30(25(33)34-20)16-17-10-5-6-11-19(17)26/h5-7,9-12,14-15,27H,2-4,8,13,16H2,1H3/b20-15+. The lowest BCUT2D eigenvalue weighted by atomic mass is 10.2. The minimum Gasteiger partial charge on any atom is -0.369 e. The number of halogens is 1. The maximum Gasteiger partial charge on any atom is 0.267 e. The van der Waals surface area contributed by atoms with Crippen LogP contribution in [0.1, 0.15) is 43.7 Å². The van der Waals surface area contributed by atoms with E-state index in [1.807, 2.05) is 24.3 Å². The molecule has 0 bridgehead atoms. The first-order valence-corrected chi connectivity index (χ1v) is 12.8. The molecule has 1 aromatic carbocycles. The van der Waals surface area contributed by atoms with Crippen LogP contribution in [0.25, 0.3) is 11.7 Å². The maximum atomic E-state index is 13.3. The lowest BCUT2D eigenvalue weighted by Gasteiger charge is -2.15. The number of fused-ring (bicyclic) bond motifs is 1. The lowest BCUT2D eigenvalue weighted by Crippen LogP contribution is -2.27. The third-order valence-corrected chi connectivity index (χ3v) is 7.27. The second-order valence-corrected chi connectivity index (χ2v) is 10.0. The summed E-state index contributed by atoms with van der Waals surface area (Å²) in [5.74, 6) is 0.227. The molecule has 1 amide bonds. The highest BCUT2D eigenvalue weighted by Gasteiger charge is 2.33. The highest BCUT2D eigenvalue weighted by atomic mass is 35.5. The number of thiocarbonyl (C=S) groups is 1. The number of rotatable bonds is 9. The summed E-state index contributed by atoms with van der Waals surface area (Å²) in [4.78, 5) is 33.1. The van der Waals surface area contributed by atoms with E-state index in [4.69, 9.17) is 23.8 Å². The predicted molar refractivity (Wildman–Crippen MR) is 144 cm³/mol. The van der Waals surface area contributed by atoms with Gasteiger partial charge in [0.1, 0.15) is 15.8 Å². The van der Waals surface area contributed by atoms with Crippen molar-refractivity contribution >= 4 is 63.3 Å². The van der Waals surface area contributed by atoms with Crippen LogP contribution >= 0.6 is 35.6 Å². The Bertz CT molecular complexity index is 1320. The van der Waals surface area contributed by atoms with Crippen molar-refractivity contribution in [3.63, 3.8) is 0 Å². The predicted octanol–water partition coefficient (Wildman–Crippen LogP) is 5.74. The Morgan fingerprint density at radius 1 is 1.12 bits per heavy atom. The SMILES string of the molecule is CCCCCCNc1nc2ccccn2c(=O)c1/C=C1/SC(=S)N(Cc2ccccc2Cl)C1=O. The summed E-state index contributed by atoms with van der Waals surface area (Å²) in [5, 5.41) is 3.89. The maximum absolute atomic E-state index is 13.3. The molecule has 1 aliphatic rings. The van der Waals surface area contributed by atoms with E-state index < -0.39 is 0 Å². The van der Waals surface area contributed by atoms with E-state index in [0.29, 0.717) is 37.8 Å². The molecule has 1 saturated heterocycles. The number of unbranched alkanes of at least 4 members (excludes halogenated alkanes) is 3. The quantitative estimate of drug-likeness (QED) is 0.224. The van der Waals surface area contributed by atoms with Crippen molar-refractivity contribution in [2.45, 2.75) is 39.2 Å². The van der Waals surface area contributed by atoms with E-state index >= 15 is 0 Å². The molecule has 176 valence electrons. The Hall–Kier alpha value is -2.68. The largest absolute Gasteiger partial charge is 0.369 e. The van der Waals surface area contributed by atoms with Crippen LogP contribution in [0.3, 0.4) is 0 Å². The van der Waals surface area contributed by atoms with Crippen molar-refractivity contribution in [2.24, 2.45) is 0 Å². The van der Waals surface area contributed by atoms with Gasteiger partial charge in [0.25, 0.3) is 11.5 Å². The van der Waals surface area contributed by atoms with Crippen LogP contribution in [0, 0.1) is 0 Å². The van der Waals surface area contributed by atoms with E-state index in [1.165, 1.54) is 21.1 Å². The summed E-state index contributed by atoms with van der Waals surface area (Å²) >= 11 is 12.9. The monoisotopic (exact) mass is 512 g/mol. The number of hydrogen-bond donors (Lipinski definition) is 1. The molecule has 1 N–H and O–H groups in total. The molecular weight excluding hydrogens is 488 g/mol. The van der Waals surface area contributed by atoms with Gasteiger partial charge < -0.3 is 5.32 Å². The molecule has 6 nitrogen and oxygen atoms in total. The number of amides is 1. The van der Waals surface area contributed by atoms with Gasteiger partial charge >= 0.3 is 0 Å². The highest BCUT2D eigenvalue weighted by molar-refractivity contribution is 8.26. The van der Waals surface area contributed by atoms with Crippen LogP contribution in [0.15, 0.2) is 58.4 Å². The van der Waals surface area contributed by atoms with Gasteiger partial charge in [0.2, 0.25) is 0 Å². The molecule has 3 aromatic rings. The second kappa shape index (κ2) is 11.2. The Kier molecular flexibility index (Phi) is 8.03. The first-order valence-electron chi connectivity index (χ1n) is 11.2. The van der Waals surface area contributed by atoms with Gasteiger partial charge in [-0.1, -0.05) is 86.0 Å². The van der Waals surface area contributed by atoms with Crippen LogP contribution in [0.2, 0.25) is 5.02 Å². The number of nitrogens with zero attached hydrogens (tertiary/aromatic N) is 3. The van der Waals surface area contributed by atoms with Crippen LogP contribution < -0.4 is 10.9 Å². The number of carbonyl (C=O) groups excluding carboxylic acids is 1. The van der Waals surface area contributed by atoms with Crippen molar-refractivity contribution in [3.8, 4) is 0 Å². The van der Waals surface area contributed by atoms with Gasteiger partial charge in [-0.25, -0.2) is 4.98 Å². The third kappa shape index (κ3) is 5.35. The van der Waals surface area contributed by atoms with Crippen molar-refractivity contribution in [1.29, 1.82) is 0 Å². The zero-order valence-electron chi connectivity index (χ0n) is 18.8. The van der Waals surface area contributed by atoms with Gasteiger partial charge in [-0.2, -0.15) is 0 Å². The molecule has 0 atom stereocenters. The van der Waals surface area contributed by atoms with Crippen molar-refractivity contribution in [2.75, 3.05) is 11.9 Å². The first-order chi connectivity index (χ1) is 16.5. The molecule has 0 aliphatic carbocycles. The number of thioether (sulfide) groups is 1. The summed E-state index contributed by atoms with van der Waals surface area (Å²) in [5.41, 5.74) is 1.46. The molecule has 1 fully saturated rings. The molecule has 0 radical (unpaired) electrons. The van der Waals surface area contributed by atoms with Gasteiger partial charge in [0, 0.05) is 17.8 Å². The van der Waals surface area contributed by atoms with E-state index in [1.54, 1.807) is 30.5 Å². The molecule has 1 aliphatic heterocycles. The zero-order valence-corrected chi connectivity index (χ0v) is 21.2. The van der Waals surface area contributed by atoms with Gasteiger partial charge in [0.05, 0.1) is 17.0 Å². The fourth-order valence-electron chi connectivity index (χ4n) is 3.69. The molecule has 3 heterocycles. The van der Waals surface area contributed by atoms with Gasteiger partial charge in [-0.15, -0.1) is 0 Å². The van der Waals surface area contributed by atoms with E-state index in [2.05, 4.69) is 17.2 Å². The number of anilines is 1. The van der Waals surface area contributed by atoms with Crippen molar-refractivity contribution in [1.82, 2.24) is 14.3 Å². The summed E-state index contributed by atoms with van der Waals surface area (Å²) < 4.78 is 1.91. The number of hydrogen-bond acceptors (Lipinski definition) is 6. The molecule has 0 unspecified atom stereocenters. The van der Waals surface area contributed by atoms with Crippen molar-refractivity contribution < 1.29 is 4.79 Å². The molecular formula is C25H25ClN4O2S2. The molecule has 0 spiro atoms.